The molecule has 1 aliphatic rings. The number of nitrogens with one attached hydrogen (secondary N) is 2. The van der Waals surface area contributed by atoms with Crippen molar-refractivity contribution in [3.05, 3.63) is 35.7 Å². The molecule has 1 aromatic heterocycles. The van der Waals surface area contributed by atoms with Gasteiger partial charge in [0.05, 0.1) is 16.3 Å². The summed E-state index contributed by atoms with van der Waals surface area (Å²) >= 11 is 0. The number of anilines is 1. The number of nitrogens with two attached hydrogens (primary N) is 1. The molecule has 0 radical (unpaired) electrons. The summed E-state index contributed by atoms with van der Waals surface area (Å²) in [7, 11) is -7.46. The molecule has 10 nitrogen and oxygen atoms in total. The summed E-state index contributed by atoms with van der Waals surface area (Å²) in [6.45, 7) is 3.76. The maximum Gasteiger partial charge on any atom is 0.246 e. The predicted molar refractivity (Wildman–Crippen MR) is 106 cm³/mol. The third-order valence-electron chi connectivity index (χ3n) is 4.93. The molecular formula is C17H23N5O5S2. The Kier molecular flexibility index (Phi) is 5.81. The second-order valence-corrected chi connectivity index (χ2v) is 10.4. The lowest BCUT2D eigenvalue weighted by molar-refractivity contribution is -0.120. The second kappa shape index (κ2) is 7.86. The van der Waals surface area contributed by atoms with Crippen LogP contribution in [0.3, 0.4) is 0 Å². The van der Waals surface area contributed by atoms with Crippen molar-refractivity contribution in [2.75, 3.05) is 18.4 Å². The van der Waals surface area contributed by atoms with Gasteiger partial charge in [0.2, 0.25) is 26.0 Å². The predicted octanol–water partition coefficient (Wildman–Crippen LogP) is 0.713. The minimum Gasteiger partial charge on any atom is -0.326 e. The quantitative estimate of drug-likeness (QED) is 0.621. The highest BCUT2D eigenvalue weighted by Crippen LogP contribution is 2.27. The summed E-state index contributed by atoms with van der Waals surface area (Å²) in [5, 5.41) is 14.4. The molecule has 1 aliphatic heterocycles. The molecule has 12 heteroatoms. The van der Waals surface area contributed by atoms with Crippen molar-refractivity contribution in [1.29, 1.82) is 0 Å². The number of primary sulfonamides is 1. The SMILES string of the molecule is Cc1n[nH]c(C)c1S(=O)(=O)N1CCC(C(=O)Nc2ccc(S(N)(=O)=O)cc2)CC1. The number of hydrogen-bond acceptors (Lipinski definition) is 6. The van der Waals surface area contributed by atoms with Crippen LogP contribution in [0.15, 0.2) is 34.1 Å². The number of aromatic nitrogens is 2. The van der Waals surface area contributed by atoms with Crippen molar-refractivity contribution in [2.45, 2.75) is 36.5 Å². The highest BCUT2D eigenvalue weighted by molar-refractivity contribution is 7.89. The molecule has 0 bridgehead atoms. The van der Waals surface area contributed by atoms with Crippen LogP contribution in [0.1, 0.15) is 24.2 Å². The molecule has 2 aromatic rings. The van der Waals surface area contributed by atoms with E-state index in [1.807, 2.05) is 0 Å². The van der Waals surface area contributed by atoms with Gasteiger partial charge >= 0.3 is 0 Å². The summed E-state index contributed by atoms with van der Waals surface area (Å²) in [5.41, 5.74) is 1.36. The molecule has 0 unspecified atom stereocenters. The molecule has 3 rings (SSSR count). The van der Waals surface area contributed by atoms with Gasteiger partial charge in [-0.05, 0) is 51.0 Å². The van der Waals surface area contributed by atoms with Crippen LogP contribution in [0.25, 0.3) is 0 Å². The average molecular weight is 442 g/mol. The van der Waals surface area contributed by atoms with Gasteiger partial charge in [-0.2, -0.15) is 9.40 Å². The third kappa shape index (κ3) is 4.50. The normalized spacial score (nSPS) is 16.7. The van der Waals surface area contributed by atoms with Crippen LogP contribution >= 0.6 is 0 Å². The Hall–Kier alpha value is -2.28. The lowest BCUT2D eigenvalue weighted by atomic mass is 9.97. The van der Waals surface area contributed by atoms with E-state index in [2.05, 4.69) is 15.5 Å². The topological polar surface area (TPSA) is 155 Å². The Morgan fingerprint density at radius 2 is 1.72 bits per heavy atom. The fourth-order valence-corrected chi connectivity index (χ4v) is 5.70. The van der Waals surface area contributed by atoms with Gasteiger partial charge in [0, 0.05) is 24.7 Å². The number of H-pyrrole nitrogens is 1. The maximum atomic E-state index is 12.9. The number of hydrogen-bond donors (Lipinski definition) is 3. The molecule has 0 aliphatic carbocycles. The number of sulfonamides is 2. The Morgan fingerprint density at radius 3 is 2.21 bits per heavy atom. The Labute approximate surface area is 169 Å². The van der Waals surface area contributed by atoms with Gasteiger partial charge in [-0.25, -0.2) is 22.0 Å². The smallest absolute Gasteiger partial charge is 0.246 e. The monoisotopic (exact) mass is 441 g/mol. The number of carbonyl (C=O) groups excluding carboxylic acids is 1. The summed E-state index contributed by atoms with van der Waals surface area (Å²) in [5.74, 6) is -0.577. The number of aromatic amines is 1. The van der Waals surface area contributed by atoms with Crippen molar-refractivity contribution >= 4 is 31.6 Å². The number of nitrogens with zero attached hydrogens (tertiary/aromatic N) is 2. The highest BCUT2D eigenvalue weighted by Gasteiger charge is 2.34. The van der Waals surface area contributed by atoms with Gasteiger partial charge in [0.1, 0.15) is 4.90 Å². The molecule has 1 amide bonds. The lowest BCUT2D eigenvalue weighted by Gasteiger charge is -2.30. The summed E-state index contributed by atoms with van der Waals surface area (Å²) in [6.07, 6.45) is 0.770. The van der Waals surface area contributed by atoms with Crippen molar-refractivity contribution in [3.63, 3.8) is 0 Å². The zero-order valence-electron chi connectivity index (χ0n) is 16.0. The molecule has 2 heterocycles. The van der Waals surface area contributed by atoms with Crippen LogP contribution in [0.2, 0.25) is 0 Å². The molecule has 1 saturated heterocycles. The van der Waals surface area contributed by atoms with E-state index in [0.717, 1.165) is 0 Å². The molecule has 0 spiro atoms. The van der Waals surface area contributed by atoms with Crippen molar-refractivity contribution in [3.8, 4) is 0 Å². The van der Waals surface area contributed by atoms with Gasteiger partial charge < -0.3 is 5.32 Å². The first-order valence-electron chi connectivity index (χ1n) is 8.95. The zero-order valence-corrected chi connectivity index (χ0v) is 17.7. The fraction of sp³-hybridized carbons (Fsp3) is 0.412. The first-order chi connectivity index (χ1) is 13.5. The van der Waals surface area contributed by atoms with Crippen LogP contribution in [0.5, 0.6) is 0 Å². The van der Waals surface area contributed by atoms with Crippen molar-refractivity contribution in [2.24, 2.45) is 11.1 Å². The molecule has 0 saturated carbocycles. The molecular weight excluding hydrogens is 418 g/mol. The Bertz CT molecular complexity index is 1100. The van der Waals surface area contributed by atoms with Gasteiger partial charge in [0.25, 0.3) is 0 Å². The standard InChI is InChI=1S/C17H23N5O5S2/c1-11-16(12(2)21-20-11)29(26,27)22-9-7-13(8-10-22)17(23)19-14-3-5-15(6-4-14)28(18,24)25/h3-6,13H,7-10H2,1-2H3,(H,19,23)(H,20,21)(H2,18,24,25). The minimum absolute atomic E-state index is 0.0427. The number of rotatable bonds is 5. The van der Waals surface area contributed by atoms with Crippen LogP contribution in [0.4, 0.5) is 5.69 Å². The van der Waals surface area contributed by atoms with E-state index >= 15 is 0 Å². The third-order valence-corrected chi connectivity index (χ3v) is 8.03. The number of amides is 1. The van der Waals surface area contributed by atoms with Crippen LogP contribution < -0.4 is 10.5 Å². The van der Waals surface area contributed by atoms with Gasteiger partial charge in [-0.15, -0.1) is 0 Å². The molecule has 158 valence electrons. The molecule has 0 atom stereocenters. The largest absolute Gasteiger partial charge is 0.326 e. The second-order valence-electron chi connectivity index (χ2n) is 7.00. The van der Waals surface area contributed by atoms with Crippen LogP contribution in [-0.4, -0.2) is 50.3 Å². The van der Waals surface area contributed by atoms with Gasteiger partial charge in [-0.1, -0.05) is 0 Å². The van der Waals surface area contributed by atoms with E-state index in [9.17, 15) is 21.6 Å². The van der Waals surface area contributed by atoms with E-state index in [1.165, 1.54) is 28.6 Å². The van der Waals surface area contributed by atoms with Crippen molar-refractivity contribution in [1.82, 2.24) is 14.5 Å². The Balaban J connectivity index is 1.62. The van der Waals surface area contributed by atoms with Gasteiger partial charge in [0.15, 0.2) is 0 Å². The number of benzene rings is 1. The van der Waals surface area contributed by atoms with Crippen molar-refractivity contribution < 1.29 is 21.6 Å². The average Bonchev–Trinajstić information content (AvgIpc) is 3.00. The number of carbonyl (C=O) groups is 1. The van der Waals surface area contributed by atoms with Crippen LogP contribution in [0, 0.1) is 19.8 Å². The van der Waals surface area contributed by atoms with E-state index in [4.69, 9.17) is 5.14 Å². The number of piperidine rings is 1. The van der Waals surface area contributed by atoms with E-state index < -0.39 is 20.0 Å². The molecule has 4 N–H and O–H groups in total. The summed E-state index contributed by atoms with van der Waals surface area (Å²) < 4.78 is 49.7. The lowest BCUT2D eigenvalue weighted by Crippen LogP contribution is -2.41. The maximum absolute atomic E-state index is 12.9. The minimum atomic E-state index is -3.80. The zero-order chi connectivity index (χ0) is 21.4. The first-order valence-corrected chi connectivity index (χ1v) is 11.9. The Morgan fingerprint density at radius 1 is 1.14 bits per heavy atom. The van der Waals surface area contributed by atoms with Crippen LogP contribution in [-0.2, 0) is 24.8 Å². The van der Waals surface area contributed by atoms with E-state index in [-0.39, 0.29) is 34.7 Å². The molecule has 1 fully saturated rings. The number of aryl methyl sites for hydroxylation is 2. The first kappa shape index (κ1) is 21.4. The molecule has 1 aromatic carbocycles. The van der Waals surface area contributed by atoms with E-state index in [1.54, 1.807) is 13.8 Å². The van der Waals surface area contributed by atoms with Gasteiger partial charge in [-0.3, -0.25) is 9.89 Å². The molecule has 29 heavy (non-hydrogen) atoms. The summed E-state index contributed by atoms with van der Waals surface area (Å²) in [4.78, 5) is 12.7. The van der Waals surface area contributed by atoms with E-state index in [0.29, 0.717) is 29.9 Å². The summed E-state index contributed by atoms with van der Waals surface area (Å²) in [6, 6.07) is 5.55. The highest BCUT2D eigenvalue weighted by atomic mass is 32.2. The fourth-order valence-electron chi connectivity index (χ4n) is 3.38.